The fourth-order valence-corrected chi connectivity index (χ4v) is 5.34. The normalized spacial score (nSPS) is 10.8. The van der Waals surface area contributed by atoms with E-state index in [0.29, 0.717) is 26.7 Å². The Labute approximate surface area is 228 Å². The van der Waals surface area contributed by atoms with Crippen molar-refractivity contribution < 1.29 is 14.7 Å². The second kappa shape index (κ2) is 11.3. The predicted octanol–water partition coefficient (Wildman–Crippen LogP) is 6.22. The van der Waals surface area contributed by atoms with Crippen LogP contribution in [-0.2, 0) is 4.79 Å². The first-order valence-electron chi connectivity index (χ1n) is 10.7. The average molecular weight is 631 g/mol. The highest BCUT2D eigenvalue weighted by Crippen LogP contribution is 2.39. The number of anilines is 1. The highest BCUT2D eigenvalue weighted by Gasteiger charge is 2.21. The number of nitrogens with one attached hydrogen (secondary N) is 2. The number of halogens is 2. The van der Waals surface area contributed by atoms with E-state index in [1.165, 1.54) is 0 Å². The molecule has 3 N–H and O–H groups in total. The highest BCUT2D eigenvalue weighted by atomic mass is 79.9. The Morgan fingerprint density at radius 2 is 1.75 bits per heavy atom. The van der Waals surface area contributed by atoms with Crippen molar-refractivity contribution in [3.8, 4) is 22.8 Å². The molecule has 0 radical (unpaired) electrons. The number of rotatable bonds is 6. The van der Waals surface area contributed by atoms with Crippen LogP contribution < -0.4 is 10.6 Å². The van der Waals surface area contributed by atoms with Gasteiger partial charge in [0.2, 0.25) is 5.91 Å². The molecule has 4 rings (SSSR count). The van der Waals surface area contributed by atoms with Crippen LogP contribution in [0.25, 0.3) is 17.1 Å². The van der Waals surface area contributed by atoms with Crippen LogP contribution in [0.2, 0.25) is 0 Å². The summed E-state index contributed by atoms with van der Waals surface area (Å²) in [5.41, 5.74) is 3.80. The predicted molar refractivity (Wildman–Crippen MR) is 148 cm³/mol. The van der Waals surface area contributed by atoms with Crippen molar-refractivity contribution in [3.63, 3.8) is 0 Å². The Kier molecular flexibility index (Phi) is 8.12. The smallest absolute Gasteiger partial charge is 0.325 e. The van der Waals surface area contributed by atoms with E-state index in [0.717, 1.165) is 33.0 Å². The lowest BCUT2D eigenvalue weighted by molar-refractivity contribution is -0.117. The number of thioether (sulfide) groups is 1. The van der Waals surface area contributed by atoms with Gasteiger partial charge in [0.1, 0.15) is 5.75 Å². The summed E-state index contributed by atoms with van der Waals surface area (Å²) in [5, 5.41) is 24.7. The molecule has 11 heteroatoms. The molecule has 0 bridgehead atoms. The molecule has 0 saturated heterocycles. The van der Waals surface area contributed by atoms with E-state index in [2.05, 4.69) is 52.7 Å². The molecule has 0 fully saturated rings. The minimum atomic E-state index is -0.612. The van der Waals surface area contributed by atoms with Gasteiger partial charge in [0.25, 0.3) is 0 Å². The molecule has 0 aliphatic rings. The number of carbonyl (C=O) groups excluding carboxylic acids is 2. The van der Waals surface area contributed by atoms with Crippen molar-refractivity contribution in [2.75, 3.05) is 11.1 Å². The third kappa shape index (κ3) is 5.97. The number of aryl methyl sites for hydroxylation is 2. The van der Waals surface area contributed by atoms with Crippen LogP contribution in [0.5, 0.6) is 5.75 Å². The van der Waals surface area contributed by atoms with Gasteiger partial charge in [0.15, 0.2) is 11.0 Å². The number of carbonyl (C=O) groups is 2. The third-order valence-corrected chi connectivity index (χ3v) is 7.16. The molecule has 1 heterocycles. The van der Waals surface area contributed by atoms with Gasteiger partial charge in [0.05, 0.1) is 15.8 Å². The van der Waals surface area contributed by atoms with Crippen LogP contribution in [0.4, 0.5) is 10.5 Å². The monoisotopic (exact) mass is 629 g/mol. The molecular formula is C25H21Br2N5O3S. The molecule has 184 valence electrons. The van der Waals surface area contributed by atoms with Gasteiger partial charge in [-0.05, 0) is 65.7 Å². The van der Waals surface area contributed by atoms with Crippen LogP contribution in [0.15, 0.2) is 74.8 Å². The quantitative estimate of drug-likeness (QED) is 0.218. The van der Waals surface area contributed by atoms with E-state index >= 15 is 0 Å². The van der Waals surface area contributed by atoms with Crippen molar-refractivity contribution >= 4 is 61.2 Å². The topological polar surface area (TPSA) is 109 Å². The lowest BCUT2D eigenvalue weighted by Gasteiger charge is -2.13. The summed E-state index contributed by atoms with van der Waals surface area (Å²) >= 11 is 7.93. The van der Waals surface area contributed by atoms with Crippen LogP contribution >= 0.6 is 43.6 Å². The van der Waals surface area contributed by atoms with Gasteiger partial charge >= 0.3 is 6.03 Å². The second-order valence-electron chi connectivity index (χ2n) is 7.87. The molecule has 3 amide bonds. The Balaban J connectivity index is 1.57. The summed E-state index contributed by atoms with van der Waals surface area (Å²) in [4.78, 5) is 24.8. The molecule has 3 aromatic carbocycles. The first kappa shape index (κ1) is 25.9. The number of amides is 3. The van der Waals surface area contributed by atoms with Crippen molar-refractivity contribution in [3.05, 3.63) is 80.7 Å². The Morgan fingerprint density at radius 1 is 1.03 bits per heavy atom. The van der Waals surface area contributed by atoms with Crippen molar-refractivity contribution in [2.24, 2.45) is 0 Å². The Morgan fingerprint density at radius 3 is 2.47 bits per heavy atom. The lowest BCUT2D eigenvalue weighted by Crippen LogP contribution is -2.35. The van der Waals surface area contributed by atoms with Gasteiger partial charge < -0.3 is 10.4 Å². The molecule has 8 nitrogen and oxygen atoms in total. The lowest BCUT2D eigenvalue weighted by atomic mass is 10.1. The molecule has 0 atom stereocenters. The summed E-state index contributed by atoms with van der Waals surface area (Å²) in [7, 11) is 0. The van der Waals surface area contributed by atoms with Gasteiger partial charge in [0, 0.05) is 15.8 Å². The molecule has 0 aliphatic carbocycles. The maximum Gasteiger partial charge on any atom is 0.325 e. The number of para-hydroxylation sites is 1. The summed E-state index contributed by atoms with van der Waals surface area (Å²) in [6, 6.07) is 17.9. The van der Waals surface area contributed by atoms with Crippen LogP contribution in [0.3, 0.4) is 0 Å². The molecule has 0 saturated carbocycles. The standard InChI is InChI=1S/C25H21Br2N5O3S/c1-14-7-9-17(10-8-14)32-23(18-11-16(26)12-19(27)22(18)34)30-31-25(32)36-13-21(33)29-24(35)28-20-6-4-3-5-15(20)2/h3-12,34H,13H2,1-2H3,(H2,28,29,33,35). The van der Waals surface area contributed by atoms with Gasteiger partial charge in [-0.1, -0.05) is 63.6 Å². The van der Waals surface area contributed by atoms with Crippen molar-refractivity contribution in [1.29, 1.82) is 0 Å². The molecule has 0 unspecified atom stereocenters. The number of nitrogens with zero attached hydrogens (tertiary/aromatic N) is 3. The zero-order chi connectivity index (χ0) is 25.8. The van der Waals surface area contributed by atoms with E-state index in [1.807, 2.05) is 50.2 Å². The molecular weight excluding hydrogens is 610 g/mol. The molecule has 36 heavy (non-hydrogen) atoms. The SMILES string of the molecule is Cc1ccc(-n2c(SCC(=O)NC(=O)Nc3ccccc3C)nnc2-c2cc(Br)cc(Br)c2O)cc1. The van der Waals surface area contributed by atoms with Crippen molar-refractivity contribution in [2.45, 2.75) is 19.0 Å². The van der Waals surface area contributed by atoms with Gasteiger partial charge in [-0.3, -0.25) is 14.7 Å². The maximum atomic E-state index is 12.5. The molecule has 0 aliphatic heterocycles. The van der Waals surface area contributed by atoms with Crippen LogP contribution in [0.1, 0.15) is 11.1 Å². The summed E-state index contributed by atoms with van der Waals surface area (Å²) in [6.45, 7) is 3.85. The van der Waals surface area contributed by atoms with E-state index < -0.39 is 11.9 Å². The van der Waals surface area contributed by atoms with Gasteiger partial charge in [-0.15, -0.1) is 10.2 Å². The fraction of sp³-hybridized carbons (Fsp3) is 0.120. The minimum Gasteiger partial charge on any atom is -0.506 e. The summed E-state index contributed by atoms with van der Waals surface area (Å²) < 4.78 is 3.01. The Bertz CT molecular complexity index is 1440. The average Bonchev–Trinajstić information content (AvgIpc) is 3.25. The van der Waals surface area contributed by atoms with Crippen LogP contribution in [0, 0.1) is 13.8 Å². The zero-order valence-corrected chi connectivity index (χ0v) is 23.2. The third-order valence-electron chi connectivity index (χ3n) is 5.17. The number of benzene rings is 3. The molecule has 4 aromatic rings. The number of aromatic nitrogens is 3. The zero-order valence-electron chi connectivity index (χ0n) is 19.3. The molecule has 1 aromatic heterocycles. The van der Waals surface area contributed by atoms with Crippen LogP contribution in [-0.4, -0.2) is 37.6 Å². The Hall–Kier alpha value is -3.15. The maximum absolute atomic E-state index is 12.5. The van der Waals surface area contributed by atoms with E-state index in [9.17, 15) is 14.7 Å². The largest absolute Gasteiger partial charge is 0.506 e. The van der Waals surface area contributed by atoms with Gasteiger partial charge in [-0.2, -0.15) is 0 Å². The number of phenols is 1. The first-order valence-corrected chi connectivity index (χ1v) is 13.3. The number of hydrogen-bond acceptors (Lipinski definition) is 6. The number of aromatic hydroxyl groups is 1. The second-order valence-corrected chi connectivity index (χ2v) is 10.6. The summed E-state index contributed by atoms with van der Waals surface area (Å²) in [5.74, 6) is -0.141. The minimum absolute atomic E-state index is 0.0149. The summed E-state index contributed by atoms with van der Waals surface area (Å²) in [6.07, 6.45) is 0. The van der Waals surface area contributed by atoms with Gasteiger partial charge in [-0.25, -0.2) is 4.79 Å². The number of imide groups is 1. The van der Waals surface area contributed by atoms with E-state index in [1.54, 1.807) is 28.8 Å². The van der Waals surface area contributed by atoms with Crippen molar-refractivity contribution in [1.82, 2.24) is 20.1 Å². The van der Waals surface area contributed by atoms with E-state index in [-0.39, 0.29) is 11.5 Å². The number of urea groups is 1. The number of phenolic OH excluding ortho intramolecular Hbond substituents is 1. The highest BCUT2D eigenvalue weighted by molar-refractivity contribution is 9.11. The first-order chi connectivity index (χ1) is 17.2. The molecule has 0 spiro atoms. The number of hydrogen-bond donors (Lipinski definition) is 3. The fourth-order valence-electron chi connectivity index (χ4n) is 3.36. The van der Waals surface area contributed by atoms with E-state index in [4.69, 9.17) is 0 Å².